The predicted octanol–water partition coefficient (Wildman–Crippen LogP) is 2.52. The van der Waals surface area contributed by atoms with Crippen molar-refractivity contribution in [2.45, 2.75) is 62.8 Å². The van der Waals surface area contributed by atoms with Crippen LogP contribution in [0.1, 0.15) is 50.3 Å². The Hall–Kier alpha value is -1.77. The van der Waals surface area contributed by atoms with Crippen LogP contribution in [0.2, 0.25) is 0 Å². The van der Waals surface area contributed by atoms with Gasteiger partial charge in [-0.15, -0.1) is 0 Å². The fourth-order valence-corrected chi connectivity index (χ4v) is 3.58. The molecule has 2 amide bonds. The first-order valence-corrected chi connectivity index (χ1v) is 8.76. The number of halogens is 3. The van der Waals surface area contributed by atoms with E-state index in [4.69, 9.17) is 5.73 Å². The van der Waals surface area contributed by atoms with Gasteiger partial charge in [0.1, 0.15) is 0 Å². The maximum atomic E-state index is 12.7. The SMILES string of the molecule is NC1CCC(NC(=O)N2CCCC(n3ccc(C(F)(F)F)n3)C2)CC1. The number of aromatic nitrogens is 2. The zero-order valence-electron chi connectivity index (χ0n) is 14.0. The molecule has 1 aromatic heterocycles. The molecule has 0 spiro atoms. The van der Waals surface area contributed by atoms with Crippen LogP contribution in [0.3, 0.4) is 0 Å². The van der Waals surface area contributed by atoms with Crippen LogP contribution in [0.4, 0.5) is 18.0 Å². The minimum absolute atomic E-state index is 0.134. The topological polar surface area (TPSA) is 76.2 Å². The number of piperidine rings is 1. The first-order chi connectivity index (χ1) is 11.8. The number of nitrogens with two attached hydrogens (primary N) is 1. The maximum Gasteiger partial charge on any atom is 0.435 e. The van der Waals surface area contributed by atoms with E-state index < -0.39 is 11.9 Å². The van der Waals surface area contributed by atoms with Gasteiger partial charge in [0.2, 0.25) is 0 Å². The fraction of sp³-hybridized carbons (Fsp3) is 0.750. The molecule has 1 unspecified atom stereocenters. The Morgan fingerprint density at radius 1 is 1.24 bits per heavy atom. The lowest BCUT2D eigenvalue weighted by Crippen LogP contribution is -2.50. The molecule has 25 heavy (non-hydrogen) atoms. The van der Waals surface area contributed by atoms with Crippen LogP contribution in [-0.4, -0.2) is 45.9 Å². The van der Waals surface area contributed by atoms with Gasteiger partial charge in [-0.1, -0.05) is 0 Å². The first kappa shape index (κ1) is 18.0. The van der Waals surface area contributed by atoms with Gasteiger partial charge in [0.25, 0.3) is 0 Å². The van der Waals surface area contributed by atoms with Crippen molar-refractivity contribution in [2.75, 3.05) is 13.1 Å². The number of amides is 2. The fourth-order valence-electron chi connectivity index (χ4n) is 3.58. The van der Waals surface area contributed by atoms with Crippen LogP contribution < -0.4 is 11.1 Å². The molecule has 6 nitrogen and oxygen atoms in total. The quantitative estimate of drug-likeness (QED) is 0.852. The Kier molecular flexibility index (Phi) is 5.21. The van der Waals surface area contributed by atoms with Crippen molar-refractivity contribution in [2.24, 2.45) is 5.73 Å². The minimum Gasteiger partial charge on any atom is -0.335 e. The predicted molar refractivity (Wildman–Crippen MR) is 85.8 cm³/mol. The van der Waals surface area contributed by atoms with E-state index in [9.17, 15) is 18.0 Å². The first-order valence-electron chi connectivity index (χ1n) is 8.76. The van der Waals surface area contributed by atoms with Gasteiger partial charge < -0.3 is 16.0 Å². The summed E-state index contributed by atoms with van der Waals surface area (Å²) in [5.41, 5.74) is 4.98. The molecular weight excluding hydrogens is 335 g/mol. The van der Waals surface area contributed by atoms with Crippen LogP contribution in [0, 0.1) is 0 Å². The molecule has 0 aromatic carbocycles. The Morgan fingerprint density at radius 3 is 2.60 bits per heavy atom. The number of carbonyl (C=O) groups is 1. The van der Waals surface area contributed by atoms with Gasteiger partial charge in [-0.05, 0) is 44.6 Å². The highest BCUT2D eigenvalue weighted by molar-refractivity contribution is 5.74. The number of nitrogens with zero attached hydrogens (tertiary/aromatic N) is 3. The minimum atomic E-state index is -4.45. The molecule has 1 aliphatic carbocycles. The molecule has 9 heteroatoms. The Labute approximate surface area is 144 Å². The van der Waals surface area contributed by atoms with Crippen molar-refractivity contribution in [1.82, 2.24) is 20.0 Å². The Morgan fingerprint density at radius 2 is 1.96 bits per heavy atom. The number of urea groups is 1. The molecule has 1 saturated carbocycles. The number of alkyl halides is 3. The number of hydrogen-bond donors (Lipinski definition) is 2. The molecule has 1 aliphatic heterocycles. The van der Waals surface area contributed by atoms with E-state index in [-0.39, 0.29) is 24.2 Å². The molecule has 1 atom stereocenters. The van der Waals surface area contributed by atoms with Crippen LogP contribution in [-0.2, 0) is 6.18 Å². The third-order valence-electron chi connectivity index (χ3n) is 5.06. The van der Waals surface area contributed by atoms with Crippen molar-refractivity contribution < 1.29 is 18.0 Å². The summed E-state index contributed by atoms with van der Waals surface area (Å²) in [5.74, 6) is 0. The number of nitrogens with one attached hydrogen (secondary N) is 1. The number of carbonyl (C=O) groups excluding carboxylic acids is 1. The lowest BCUT2D eigenvalue weighted by Gasteiger charge is -2.35. The monoisotopic (exact) mass is 359 g/mol. The maximum absolute atomic E-state index is 12.7. The lowest BCUT2D eigenvalue weighted by atomic mass is 9.92. The highest BCUT2D eigenvalue weighted by Crippen LogP contribution is 2.29. The standard InChI is InChI=1S/C16H24F3N5O/c17-16(18,19)14-7-9-24(22-14)13-2-1-8-23(10-13)15(25)21-12-5-3-11(20)4-6-12/h7,9,11-13H,1-6,8,10,20H2,(H,21,25). The van der Waals surface area contributed by atoms with Gasteiger partial charge in [-0.3, -0.25) is 4.68 Å². The molecular formula is C16H24F3N5O. The molecule has 2 fully saturated rings. The van der Waals surface area contributed by atoms with E-state index in [1.807, 2.05) is 0 Å². The molecule has 3 rings (SSSR count). The zero-order chi connectivity index (χ0) is 18.0. The normalized spacial score (nSPS) is 28.0. The molecule has 1 saturated heterocycles. The van der Waals surface area contributed by atoms with Crippen molar-refractivity contribution >= 4 is 6.03 Å². The molecule has 2 heterocycles. The van der Waals surface area contributed by atoms with Gasteiger partial charge in [0, 0.05) is 31.4 Å². The van der Waals surface area contributed by atoms with Crippen molar-refractivity contribution in [3.8, 4) is 0 Å². The van der Waals surface area contributed by atoms with Gasteiger partial charge in [0.15, 0.2) is 5.69 Å². The molecule has 2 aliphatic rings. The molecule has 3 N–H and O–H groups in total. The van der Waals surface area contributed by atoms with Crippen LogP contribution in [0.5, 0.6) is 0 Å². The average molecular weight is 359 g/mol. The van der Waals surface area contributed by atoms with E-state index in [0.29, 0.717) is 19.5 Å². The Bertz CT molecular complexity index is 595. The average Bonchev–Trinajstić information content (AvgIpc) is 3.07. The van der Waals surface area contributed by atoms with Gasteiger partial charge >= 0.3 is 12.2 Å². The largest absolute Gasteiger partial charge is 0.435 e. The van der Waals surface area contributed by atoms with Gasteiger partial charge in [-0.25, -0.2) is 4.79 Å². The third kappa shape index (κ3) is 4.45. The summed E-state index contributed by atoms with van der Waals surface area (Å²) >= 11 is 0. The van der Waals surface area contributed by atoms with E-state index in [1.54, 1.807) is 4.90 Å². The zero-order valence-corrected chi connectivity index (χ0v) is 14.0. The van der Waals surface area contributed by atoms with E-state index in [1.165, 1.54) is 10.9 Å². The summed E-state index contributed by atoms with van der Waals surface area (Å²) in [6.45, 7) is 0.985. The summed E-state index contributed by atoms with van der Waals surface area (Å²) in [6.07, 6.45) is 1.91. The second-order valence-electron chi connectivity index (χ2n) is 6.98. The smallest absolute Gasteiger partial charge is 0.335 e. The molecule has 140 valence electrons. The van der Waals surface area contributed by atoms with Crippen molar-refractivity contribution in [3.05, 3.63) is 18.0 Å². The van der Waals surface area contributed by atoms with Gasteiger partial charge in [-0.2, -0.15) is 18.3 Å². The van der Waals surface area contributed by atoms with Gasteiger partial charge in [0.05, 0.1) is 6.04 Å². The highest BCUT2D eigenvalue weighted by Gasteiger charge is 2.35. The lowest BCUT2D eigenvalue weighted by molar-refractivity contribution is -0.141. The summed E-state index contributed by atoms with van der Waals surface area (Å²) < 4.78 is 39.4. The van der Waals surface area contributed by atoms with Crippen LogP contribution >= 0.6 is 0 Å². The number of likely N-dealkylation sites (tertiary alicyclic amines) is 1. The third-order valence-corrected chi connectivity index (χ3v) is 5.06. The number of hydrogen-bond acceptors (Lipinski definition) is 3. The summed E-state index contributed by atoms with van der Waals surface area (Å²) in [4.78, 5) is 14.1. The molecule has 0 bridgehead atoms. The Balaban J connectivity index is 1.57. The second-order valence-corrected chi connectivity index (χ2v) is 6.98. The second kappa shape index (κ2) is 7.23. The van der Waals surface area contributed by atoms with E-state index in [2.05, 4.69) is 10.4 Å². The molecule has 0 radical (unpaired) electrons. The van der Waals surface area contributed by atoms with E-state index >= 15 is 0 Å². The molecule has 1 aromatic rings. The number of rotatable bonds is 2. The van der Waals surface area contributed by atoms with Crippen LogP contribution in [0.15, 0.2) is 12.3 Å². The van der Waals surface area contributed by atoms with E-state index in [0.717, 1.165) is 38.2 Å². The van der Waals surface area contributed by atoms with Crippen LogP contribution in [0.25, 0.3) is 0 Å². The van der Waals surface area contributed by atoms with Crippen molar-refractivity contribution in [1.29, 1.82) is 0 Å². The summed E-state index contributed by atoms with van der Waals surface area (Å²) in [6, 6.07) is 0.956. The highest BCUT2D eigenvalue weighted by atomic mass is 19.4. The summed E-state index contributed by atoms with van der Waals surface area (Å²) in [7, 11) is 0. The van der Waals surface area contributed by atoms with Crippen molar-refractivity contribution in [3.63, 3.8) is 0 Å². The summed E-state index contributed by atoms with van der Waals surface area (Å²) in [5, 5.41) is 6.67.